The van der Waals surface area contributed by atoms with E-state index in [0.29, 0.717) is 37.3 Å². The van der Waals surface area contributed by atoms with E-state index < -0.39 is 12.0 Å². The number of carbonyl (C=O) groups excluding carboxylic acids is 3. The minimum atomic E-state index is -0.526. The van der Waals surface area contributed by atoms with Crippen molar-refractivity contribution in [2.45, 2.75) is 45.6 Å². The highest BCUT2D eigenvalue weighted by Crippen LogP contribution is 2.27. The Hall–Kier alpha value is -2.87. The largest absolute Gasteiger partial charge is 0.496 e. The summed E-state index contributed by atoms with van der Waals surface area (Å²) in [4.78, 5) is 41.0. The molecule has 3 atom stereocenters. The van der Waals surface area contributed by atoms with E-state index in [9.17, 15) is 19.5 Å². The Kier molecular flexibility index (Phi) is 7.90. The average Bonchev–Trinajstić information content (AvgIpc) is 3.38. The molecule has 0 radical (unpaired) electrons. The van der Waals surface area contributed by atoms with E-state index in [1.807, 2.05) is 32.0 Å². The Morgan fingerprint density at radius 3 is 2.72 bits per heavy atom. The number of aromatic nitrogens is 1. The minimum absolute atomic E-state index is 0.0409. The standard InChI is InChI=1S/C24H33N3O5/c1-14(2)9-16(24(31)26-17(13-28)10-15-7-8-25-23(15)30)11-21(29)20-12-18-19(27-20)5-4-6-22(18)32-3/h4-6,12,14-17,27-28H,7-11,13H2,1-3H3,(H,25,30)(H,26,31). The molecule has 0 aliphatic carbocycles. The summed E-state index contributed by atoms with van der Waals surface area (Å²) in [5.74, 6) is -0.300. The molecule has 0 bridgehead atoms. The lowest BCUT2D eigenvalue weighted by Gasteiger charge is -2.23. The molecule has 2 amide bonds. The third-order valence-electron chi connectivity index (χ3n) is 6.00. The molecule has 1 aliphatic rings. The summed E-state index contributed by atoms with van der Waals surface area (Å²) in [7, 11) is 1.58. The van der Waals surface area contributed by atoms with Gasteiger partial charge in [0.05, 0.1) is 25.5 Å². The number of fused-ring (bicyclic) bond motifs is 1. The van der Waals surface area contributed by atoms with E-state index in [-0.39, 0.29) is 42.5 Å². The fraction of sp³-hybridized carbons (Fsp3) is 0.542. The Labute approximate surface area is 188 Å². The van der Waals surface area contributed by atoms with Crippen LogP contribution in [0.15, 0.2) is 24.3 Å². The maximum Gasteiger partial charge on any atom is 0.223 e. The quantitative estimate of drug-likeness (QED) is 0.398. The number of aliphatic hydroxyl groups is 1. The molecular weight excluding hydrogens is 410 g/mol. The first-order chi connectivity index (χ1) is 15.3. The molecule has 1 aliphatic heterocycles. The lowest BCUT2D eigenvalue weighted by molar-refractivity contribution is -0.127. The fourth-order valence-corrected chi connectivity index (χ4v) is 4.35. The predicted molar refractivity (Wildman–Crippen MR) is 121 cm³/mol. The Bertz CT molecular complexity index is 968. The molecule has 8 nitrogen and oxygen atoms in total. The first-order valence-corrected chi connectivity index (χ1v) is 11.2. The van der Waals surface area contributed by atoms with Crippen molar-refractivity contribution in [1.82, 2.24) is 15.6 Å². The van der Waals surface area contributed by atoms with Crippen LogP contribution in [0.5, 0.6) is 5.75 Å². The van der Waals surface area contributed by atoms with Crippen molar-refractivity contribution in [2.24, 2.45) is 17.8 Å². The molecule has 2 aromatic rings. The van der Waals surface area contributed by atoms with Crippen LogP contribution in [-0.2, 0) is 9.59 Å². The summed E-state index contributed by atoms with van der Waals surface area (Å²) in [6, 6.07) is 6.80. The monoisotopic (exact) mass is 443 g/mol. The minimum Gasteiger partial charge on any atom is -0.496 e. The summed E-state index contributed by atoms with van der Waals surface area (Å²) in [5, 5.41) is 16.2. The van der Waals surface area contributed by atoms with Gasteiger partial charge in [0.2, 0.25) is 11.8 Å². The smallest absolute Gasteiger partial charge is 0.223 e. The number of hydrogen-bond acceptors (Lipinski definition) is 5. The van der Waals surface area contributed by atoms with Gasteiger partial charge in [-0.25, -0.2) is 0 Å². The van der Waals surface area contributed by atoms with Crippen molar-refractivity contribution in [3.63, 3.8) is 0 Å². The van der Waals surface area contributed by atoms with Crippen LogP contribution in [0.4, 0.5) is 0 Å². The van der Waals surface area contributed by atoms with Gasteiger partial charge in [0.1, 0.15) is 5.75 Å². The van der Waals surface area contributed by atoms with Gasteiger partial charge in [-0.2, -0.15) is 0 Å². The van der Waals surface area contributed by atoms with E-state index in [4.69, 9.17) is 4.74 Å². The molecule has 0 spiro atoms. The zero-order valence-electron chi connectivity index (χ0n) is 18.9. The second kappa shape index (κ2) is 10.6. The molecule has 1 aromatic heterocycles. The summed E-state index contributed by atoms with van der Waals surface area (Å²) < 4.78 is 5.36. The lowest BCUT2D eigenvalue weighted by atomic mass is 9.90. The Balaban J connectivity index is 1.70. The number of ether oxygens (including phenoxy) is 1. The van der Waals surface area contributed by atoms with Crippen LogP contribution in [0.2, 0.25) is 0 Å². The molecular formula is C24H33N3O5. The normalized spacial score (nSPS) is 17.9. The van der Waals surface area contributed by atoms with Gasteiger partial charge in [-0.05, 0) is 43.4 Å². The van der Waals surface area contributed by atoms with Crippen LogP contribution < -0.4 is 15.4 Å². The number of ketones is 1. The second-order valence-electron chi connectivity index (χ2n) is 8.96. The van der Waals surface area contributed by atoms with Crippen molar-refractivity contribution >= 4 is 28.5 Å². The SMILES string of the molecule is COc1cccc2[nH]c(C(=O)CC(CC(C)C)C(=O)NC(CO)CC3CCNC3=O)cc12. The zero-order valence-corrected chi connectivity index (χ0v) is 18.9. The van der Waals surface area contributed by atoms with Gasteiger partial charge >= 0.3 is 0 Å². The average molecular weight is 444 g/mol. The zero-order chi connectivity index (χ0) is 23.3. The first kappa shape index (κ1) is 23.8. The molecule has 174 valence electrons. The predicted octanol–water partition coefficient (Wildman–Crippen LogP) is 2.41. The maximum atomic E-state index is 13.0. The summed E-state index contributed by atoms with van der Waals surface area (Å²) in [5.41, 5.74) is 1.24. The van der Waals surface area contributed by atoms with Gasteiger partial charge in [-0.1, -0.05) is 19.9 Å². The fourth-order valence-electron chi connectivity index (χ4n) is 4.35. The van der Waals surface area contributed by atoms with E-state index in [1.165, 1.54) is 0 Å². The van der Waals surface area contributed by atoms with Gasteiger partial charge < -0.3 is 25.5 Å². The second-order valence-corrected chi connectivity index (χ2v) is 8.96. The van der Waals surface area contributed by atoms with E-state index in [2.05, 4.69) is 15.6 Å². The highest BCUT2D eigenvalue weighted by Gasteiger charge is 2.30. The topological polar surface area (TPSA) is 121 Å². The number of benzene rings is 1. The van der Waals surface area contributed by atoms with Crippen LogP contribution in [0.3, 0.4) is 0 Å². The van der Waals surface area contributed by atoms with Crippen molar-refractivity contribution in [3.05, 3.63) is 30.0 Å². The maximum absolute atomic E-state index is 13.0. The number of rotatable bonds is 11. The van der Waals surface area contributed by atoms with Gasteiger partial charge in [-0.3, -0.25) is 14.4 Å². The number of H-pyrrole nitrogens is 1. The number of aromatic amines is 1. The Morgan fingerprint density at radius 1 is 1.31 bits per heavy atom. The number of methoxy groups -OCH3 is 1. The summed E-state index contributed by atoms with van der Waals surface area (Å²) in [6.45, 7) is 4.38. The molecule has 1 aromatic carbocycles. The number of aliphatic hydroxyl groups excluding tert-OH is 1. The first-order valence-electron chi connectivity index (χ1n) is 11.2. The number of hydrogen-bond donors (Lipinski definition) is 4. The van der Waals surface area contributed by atoms with Gasteiger partial charge in [-0.15, -0.1) is 0 Å². The van der Waals surface area contributed by atoms with Crippen LogP contribution in [0, 0.1) is 17.8 Å². The van der Waals surface area contributed by atoms with Crippen molar-refractivity contribution < 1.29 is 24.2 Å². The van der Waals surface area contributed by atoms with Crippen LogP contribution >= 0.6 is 0 Å². The summed E-state index contributed by atoms with van der Waals surface area (Å²) in [6.07, 6.45) is 1.69. The number of Topliss-reactive ketones (excluding diaryl/α,β-unsaturated/α-hetero) is 1. The third kappa shape index (κ3) is 5.68. The van der Waals surface area contributed by atoms with Crippen molar-refractivity contribution in [2.75, 3.05) is 20.3 Å². The molecule has 1 saturated heterocycles. The highest BCUT2D eigenvalue weighted by atomic mass is 16.5. The molecule has 4 N–H and O–H groups in total. The highest BCUT2D eigenvalue weighted by molar-refractivity contribution is 6.02. The van der Waals surface area contributed by atoms with Gasteiger partial charge in [0.15, 0.2) is 5.78 Å². The van der Waals surface area contributed by atoms with Crippen LogP contribution in [-0.4, -0.2) is 54.0 Å². The molecule has 3 rings (SSSR count). The third-order valence-corrected chi connectivity index (χ3v) is 6.00. The van der Waals surface area contributed by atoms with E-state index in [1.54, 1.807) is 13.2 Å². The van der Waals surface area contributed by atoms with E-state index >= 15 is 0 Å². The molecule has 3 unspecified atom stereocenters. The Morgan fingerprint density at radius 2 is 2.09 bits per heavy atom. The molecule has 0 saturated carbocycles. The number of nitrogens with one attached hydrogen (secondary N) is 3. The molecule has 2 heterocycles. The molecule has 32 heavy (non-hydrogen) atoms. The lowest BCUT2D eigenvalue weighted by Crippen LogP contribution is -2.43. The van der Waals surface area contributed by atoms with E-state index in [0.717, 1.165) is 10.9 Å². The number of amides is 2. The van der Waals surface area contributed by atoms with Crippen molar-refractivity contribution in [1.29, 1.82) is 0 Å². The summed E-state index contributed by atoms with van der Waals surface area (Å²) >= 11 is 0. The molecule has 8 heteroatoms. The van der Waals surface area contributed by atoms with Crippen LogP contribution in [0.1, 0.15) is 50.0 Å². The van der Waals surface area contributed by atoms with Crippen LogP contribution in [0.25, 0.3) is 10.9 Å². The number of carbonyl (C=O) groups is 3. The van der Waals surface area contributed by atoms with Crippen molar-refractivity contribution in [3.8, 4) is 5.75 Å². The van der Waals surface area contributed by atoms with Gasteiger partial charge in [0, 0.05) is 35.7 Å². The molecule has 1 fully saturated rings. The van der Waals surface area contributed by atoms with Gasteiger partial charge in [0.25, 0.3) is 0 Å².